The summed E-state index contributed by atoms with van der Waals surface area (Å²) < 4.78 is 9.41. The molecule has 1 aromatic carbocycles. The summed E-state index contributed by atoms with van der Waals surface area (Å²) in [6.45, 7) is 1.67. The molecule has 0 saturated carbocycles. The quantitative estimate of drug-likeness (QED) is 0.420. The summed E-state index contributed by atoms with van der Waals surface area (Å²) in [5, 5.41) is 17.9. The second-order valence-electron chi connectivity index (χ2n) is 4.26. The van der Waals surface area contributed by atoms with Crippen molar-refractivity contribution in [2.45, 2.75) is 30.0 Å². The standard InChI is InChI=1S/C13H14N2O6S/c1-2-9(20-12(16)17)10(21-13(18)19)22-11-14-7-5-3-4-6-8(7)15-11/h3-6,9-10H,2H2,1H3,(H,14,15)(H,16,17)(H,18,19). The second kappa shape index (κ2) is 7.03. The van der Waals surface area contributed by atoms with Crippen molar-refractivity contribution in [2.75, 3.05) is 0 Å². The molecule has 2 rings (SSSR count). The molecule has 0 amide bonds. The van der Waals surface area contributed by atoms with Gasteiger partial charge in [0.1, 0.15) is 0 Å². The first-order chi connectivity index (χ1) is 10.5. The number of carboxylic acid groups (broad SMARTS) is 2. The molecule has 0 aliphatic carbocycles. The fourth-order valence-electron chi connectivity index (χ4n) is 1.83. The summed E-state index contributed by atoms with van der Waals surface area (Å²) in [4.78, 5) is 28.8. The van der Waals surface area contributed by atoms with Gasteiger partial charge in [0.2, 0.25) is 0 Å². The van der Waals surface area contributed by atoms with Crippen molar-refractivity contribution in [3.8, 4) is 0 Å². The molecule has 118 valence electrons. The number of hydrogen-bond acceptors (Lipinski definition) is 6. The SMILES string of the molecule is CCC(OC(=O)O)C(OC(=O)O)Sc1nc2ccccc2[nH]1. The highest BCUT2D eigenvalue weighted by molar-refractivity contribution is 7.99. The van der Waals surface area contributed by atoms with Crippen LogP contribution in [0.25, 0.3) is 11.0 Å². The predicted molar refractivity (Wildman–Crippen MR) is 78.0 cm³/mol. The molecule has 0 radical (unpaired) electrons. The predicted octanol–water partition coefficient (Wildman–Crippen LogP) is 3.15. The van der Waals surface area contributed by atoms with E-state index in [1.165, 1.54) is 0 Å². The second-order valence-corrected chi connectivity index (χ2v) is 5.35. The lowest BCUT2D eigenvalue weighted by Gasteiger charge is -2.22. The first-order valence-corrected chi connectivity index (χ1v) is 7.28. The summed E-state index contributed by atoms with van der Waals surface area (Å²) in [5.74, 6) is 0. The smallest absolute Gasteiger partial charge is 0.450 e. The molecular weight excluding hydrogens is 312 g/mol. The summed E-state index contributed by atoms with van der Waals surface area (Å²) >= 11 is 0.959. The minimum absolute atomic E-state index is 0.261. The van der Waals surface area contributed by atoms with Crippen molar-refractivity contribution in [1.82, 2.24) is 9.97 Å². The van der Waals surface area contributed by atoms with Gasteiger partial charge in [0.25, 0.3) is 0 Å². The first kappa shape index (κ1) is 16.0. The van der Waals surface area contributed by atoms with Gasteiger partial charge in [-0.3, -0.25) is 0 Å². The van der Waals surface area contributed by atoms with Crippen LogP contribution < -0.4 is 0 Å². The topological polar surface area (TPSA) is 122 Å². The average Bonchev–Trinajstić information content (AvgIpc) is 2.85. The van der Waals surface area contributed by atoms with Gasteiger partial charge in [-0.05, 0) is 30.3 Å². The normalized spacial score (nSPS) is 13.5. The Hall–Kier alpha value is -2.42. The Bertz CT molecular complexity index is 640. The number of imidazole rings is 1. The zero-order valence-electron chi connectivity index (χ0n) is 11.6. The molecule has 2 aromatic rings. The van der Waals surface area contributed by atoms with Gasteiger partial charge in [-0.25, -0.2) is 14.6 Å². The zero-order chi connectivity index (χ0) is 16.1. The van der Waals surface area contributed by atoms with Crippen LogP contribution in [-0.2, 0) is 9.47 Å². The Labute approximate surface area is 129 Å². The number of aromatic nitrogens is 2. The van der Waals surface area contributed by atoms with Crippen LogP contribution in [0, 0.1) is 0 Å². The number of nitrogens with zero attached hydrogens (tertiary/aromatic N) is 1. The molecule has 1 heterocycles. The molecule has 0 spiro atoms. The number of rotatable bonds is 6. The van der Waals surface area contributed by atoms with Gasteiger partial charge in [-0.1, -0.05) is 19.1 Å². The lowest BCUT2D eigenvalue weighted by molar-refractivity contribution is -0.00888. The lowest BCUT2D eigenvalue weighted by atomic mass is 10.3. The fourth-order valence-corrected chi connectivity index (χ4v) is 2.90. The van der Waals surface area contributed by atoms with E-state index in [0.29, 0.717) is 10.7 Å². The van der Waals surface area contributed by atoms with Gasteiger partial charge in [0.15, 0.2) is 16.7 Å². The third kappa shape index (κ3) is 4.04. The molecule has 1 aromatic heterocycles. The van der Waals surface area contributed by atoms with Gasteiger partial charge < -0.3 is 24.7 Å². The minimum atomic E-state index is -1.51. The third-order valence-corrected chi connectivity index (χ3v) is 3.82. The maximum atomic E-state index is 10.8. The van der Waals surface area contributed by atoms with Crippen LogP contribution in [0.15, 0.2) is 29.4 Å². The molecule has 0 bridgehead atoms. The number of aromatic amines is 1. The molecule has 0 aliphatic heterocycles. The van der Waals surface area contributed by atoms with Crippen molar-refractivity contribution >= 4 is 35.1 Å². The molecule has 0 saturated heterocycles. The van der Waals surface area contributed by atoms with Crippen LogP contribution in [0.3, 0.4) is 0 Å². The lowest BCUT2D eigenvalue weighted by Crippen LogP contribution is -2.32. The molecule has 2 atom stereocenters. The van der Waals surface area contributed by atoms with E-state index in [1.807, 2.05) is 18.2 Å². The molecule has 9 heteroatoms. The van der Waals surface area contributed by atoms with E-state index < -0.39 is 23.9 Å². The van der Waals surface area contributed by atoms with Crippen molar-refractivity contribution in [2.24, 2.45) is 0 Å². The summed E-state index contributed by atoms with van der Waals surface area (Å²) in [6.07, 6.45) is -3.68. The zero-order valence-corrected chi connectivity index (χ0v) is 12.4. The number of fused-ring (bicyclic) bond motifs is 1. The van der Waals surface area contributed by atoms with Gasteiger partial charge in [0, 0.05) is 0 Å². The van der Waals surface area contributed by atoms with E-state index in [2.05, 4.69) is 14.7 Å². The number of nitrogens with one attached hydrogen (secondary N) is 1. The van der Waals surface area contributed by atoms with Crippen LogP contribution >= 0.6 is 11.8 Å². The van der Waals surface area contributed by atoms with E-state index in [9.17, 15) is 9.59 Å². The number of benzene rings is 1. The highest BCUT2D eigenvalue weighted by atomic mass is 32.2. The van der Waals surface area contributed by atoms with Crippen LogP contribution in [-0.4, -0.2) is 44.0 Å². The number of carbonyl (C=O) groups is 2. The van der Waals surface area contributed by atoms with Gasteiger partial charge in [0.05, 0.1) is 11.0 Å². The fraction of sp³-hybridized carbons (Fsp3) is 0.308. The molecule has 8 nitrogen and oxygen atoms in total. The van der Waals surface area contributed by atoms with Gasteiger partial charge in [-0.2, -0.15) is 0 Å². The Kier molecular flexibility index (Phi) is 5.10. The number of para-hydroxylation sites is 2. The Morgan fingerprint density at radius 1 is 1.27 bits per heavy atom. The Morgan fingerprint density at radius 2 is 1.95 bits per heavy atom. The Morgan fingerprint density at radius 3 is 2.55 bits per heavy atom. The third-order valence-electron chi connectivity index (χ3n) is 2.77. The van der Waals surface area contributed by atoms with Crippen molar-refractivity contribution < 1.29 is 29.3 Å². The molecule has 0 aliphatic rings. The van der Waals surface area contributed by atoms with Gasteiger partial charge >= 0.3 is 12.3 Å². The van der Waals surface area contributed by atoms with Crippen molar-refractivity contribution in [3.63, 3.8) is 0 Å². The first-order valence-electron chi connectivity index (χ1n) is 6.40. The molecule has 2 unspecified atom stereocenters. The highest BCUT2D eigenvalue weighted by Crippen LogP contribution is 2.28. The Balaban J connectivity index is 2.20. The number of thioether (sulfide) groups is 1. The summed E-state index contributed by atoms with van der Waals surface area (Å²) in [7, 11) is 0. The summed E-state index contributed by atoms with van der Waals surface area (Å²) in [5.41, 5.74) is 0.441. The molecular formula is C13H14N2O6S. The van der Waals surface area contributed by atoms with Crippen LogP contribution in [0.2, 0.25) is 0 Å². The maximum absolute atomic E-state index is 10.8. The number of ether oxygens (including phenoxy) is 2. The minimum Gasteiger partial charge on any atom is -0.450 e. The molecule has 22 heavy (non-hydrogen) atoms. The van der Waals surface area contributed by atoms with Crippen LogP contribution in [0.5, 0.6) is 0 Å². The molecule has 3 N–H and O–H groups in total. The number of H-pyrrole nitrogens is 1. The van der Waals surface area contributed by atoms with Crippen LogP contribution in [0.1, 0.15) is 13.3 Å². The van der Waals surface area contributed by atoms with Crippen molar-refractivity contribution in [1.29, 1.82) is 0 Å². The number of hydrogen-bond donors (Lipinski definition) is 3. The van der Waals surface area contributed by atoms with E-state index in [0.717, 1.165) is 17.3 Å². The van der Waals surface area contributed by atoms with E-state index >= 15 is 0 Å². The molecule has 0 fully saturated rings. The van der Waals surface area contributed by atoms with Gasteiger partial charge in [-0.15, -0.1) is 0 Å². The summed E-state index contributed by atoms with van der Waals surface area (Å²) in [6, 6.07) is 7.28. The largest absolute Gasteiger partial charge is 0.507 e. The van der Waals surface area contributed by atoms with E-state index in [1.54, 1.807) is 13.0 Å². The van der Waals surface area contributed by atoms with E-state index in [4.69, 9.17) is 14.9 Å². The van der Waals surface area contributed by atoms with Crippen LogP contribution in [0.4, 0.5) is 9.59 Å². The monoisotopic (exact) mass is 326 g/mol. The highest BCUT2D eigenvalue weighted by Gasteiger charge is 2.29. The van der Waals surface area contributed by atoms with E-state index in [-0.39, 0.29) is 6.42 Å². The maximum Gasteiger partial charge on any atom is 0.507 e. The average molecular weight is 326 g/mol. The van der Waals surface area contributed by atoms with Crippen molar-refractivity contribution in [3.05, 3.63) is 24.3 Å².